The normalized spacial score (nSPS) is 17.7. The summed E-state index contributed by atoms with van der Waals surface area (Å²) in [7, 11) is 0. The fourth-order valence-corrected chi connectivity index (χ4v) is 5.29. The van der Waals surface area contributed by atoms with E-state index >= 15 is 0 Å². The Labute approximate surface area is 151 Å². The first-order valence-corrected chi connectivity index (χ1v) is 9.25. The summed E-state index contributed by atoms with van der Waals surface area (Å²) in [5, 5.41) is 13.6. The van der Waals surface area contributed by atoms with Gasteiger partial charge in [0.15, 0.2) is 0 Å². The molecule has 0 spiro atoms. The van der Waals surface area contributed by atoms with E-state index < -0.39 is 0 Å². The standard InChI is InChI=1S/C15H19Br3N2O/c1-9(2)7-12(20-5-3-19-4-6-20)13-10(16)8-11(17)15(21)14(13)18/h8,12,19,21H,1,3-7H2,2H3/t12-/m1/s1. The molecule has 116 valence electrons. The van der Waals surface area contributed by atoms with Crippen molar-refractivity contribution in [2.75, 3.05) is 26.2 Å². The Morgan fingerprint density at radius 3 is 2.52 bits per heavy atom. The molecule has 6 heteroatoms. The van der Waals surface area contributed by atoms with E-state index in [1.54, 1.807) is 0 Å². The molecule has 21 heavy (non-hydrogen) atoms. The molecule has 3 nitrogen and oxygen atoms in total. The highest BCUT2D eigenvalue weighted by Crippen LogP contribution is 2.45. The van der Waals surface area contributed by atoms with Crippen LogP contribution in [-0.2, 0) is 0 Å². The number of phenols is 1. The Kier molecular flexibility index (Phi) is 6.32. The second kappa shape index (κ2) is 7.59. The molecule has 0 aromatic heterocycles. The minimum Gasteiger partial charge on any atom is -0.506 e. The lowest BCUT2D eigenvalue weighted by Crippen LogP contribution is -2.45. The number of nitrogens with one attached hydrogen (secondary N) is 1. The maximum atomic E-state index is 10.2. The average Bonchev–Trinajstić information content (AvgIpc) is 2.44. The largest absolute Gasteiger partial charge is 0.506 e. The topological polar surface area (TPSA) is 35.5 Å². The molecule has 1 aliphatic heterocycles. The Morgan fingerprint density at radius 1 is 1.33 bits per heavy atom. The summed E-state index contributed by atoms with van der Waals surface area (Å²) in [5.41, 5.74) is 2.22. The van der Waals surface area contributed by atoms with Crippen LogP contribution in [0.4, 0.5) is 0 Å². The third kappa shape index (κ3) is 4.10. The molecule has 0 radical (unpaired) electrons. The highest BCUT2D eigenvalue weighted by molar-refractivity contribution is 9.11. The van der Waals surface area contributed by atoms with Gasteiger partial charge in [-0.2, -0.15) is 0 Å². The zero-order chi connectivity index (χ0) is 15.6. The Morgan fingerprint density at radius 2 is 1.95 bits per heavy atom. The molecular formula is C15H19Br3N2O. The highest BCUT2D eigenvalue weighted by Gasteiger charge is 2.27. The summed E-state index contributed by atoms with van der Waals surface area (Å²) in [4.78, 5) is 2.45. The fraction of sp³-hybridized carbons (Fsp3) is 0.467. The van der Waals surface area contributed by atoms with Crippen molar-refractivity contribution >= 4 is 47.8 Å². The summed E-state index contributed by atoms with van der Waals surface area (Å²) in [6.45, 7) is 10.1. The van der Waals surface area contributed by atoms with Crippen molar-refractivity contribution in [3.8, 4) is 5.75 Å². The fourth-order valence-electron chi connectivity index (χ4n) is 2.64. The van der Waals surface area contributed by atoms with Gasteiger partial charge >= 0.3 is 0 Å². The van der Waals surface area contributed by atoms with Gasteiger partial charge in [-0.1, -0.05) is 21.5 Å². The number of halogens is 3. The molecule has 0 bridgehead atoms. The number of hydrogen-bond donors (Lipinski definition) is 2. The molecule has 1 aromatic rings. The van der Waals surface area contributed by atoms with Crippen LogP contribution in [0.1, 0.15) is 24.9 Å². The van der Waals surface area contributed by atoms with Gasteiger partial charge in [-0.3, -0.25) is 4.90 Å². The molecule has 0 amide bonds. The van der Waals surface area contributed by atoms with Gasteiger partial charge in [0.2, 0.25) is 0 Å². The van der Waals surface area contributed by atoms with Gasteiger partial charge in [-0.05, 0) is 51.3 Å². The van der Waals surface area contributed by atoms with E-state index in [0.29, 0.717) is 4.47 Å². The number of phenolic OH excluding ortho intramolecular Hbond substituents is 1. The zero-order valence-electron chi connectivity index (χ0n) is 11.9. The molecule has 1 aliphatic rings. The van der Waals surface area contributed by atoms with Crippen LogP contribution in [0, 0.1) is 0 Å². The van der Waals surface area contributed by atoms with E-state index in [9.17, 15) is 5.11 Å². The zero-order valence-corrected chi connectivity index (χ0v) is 16.7. The molecule has 0 aliphatic carbocycles. The summed E-state index contributed by atoms with van der Waals surface area (Å²) >= 11 is 10.6. The summed E-state index contributed by atoms with van der Waals surface area (Å²) < 4.78 is 2.41. The van der Waals surface area contributed by atoms with E-state index in [2.05, 4.69) is 71.5 Å². The molecule has 1 heterocycles. The van der Waals surface area contributed by atoms with Gasteiger partial charge in [0.25, 0.3) is 0 Å². The Balaban J connectivity index is 2.45. The lowest BCUT2D eigenvalue weighted by atomic mass is 9.97. The van der Waals surface area contributed by atoms with E-state index in [1.165, 1.54) is 0 Å². The maximum absolute atomic E-state index is 10.2. The molecule has 0 saturated carbocycles. The molecular weight excluding hydrogens is 464 g/mol. The molecule has 1 saturated heterocycles. The van der Waals surface area contributed by atoms with Gasteiger partial charge in [-0.15, -0.1) is 6.58 Å². The minimum absolute atomic E-state index is 0.201. The minimum atomic E-state index is 0.201. The number of rotatable bonds is 4. The van der Waals surface area contributed by atoms with Gasteiger partial charge < -0.3 is 10.4 Å². The first-order valence-electron chi connectivity index (χ1n) is 6.87. The molecule has 1 aromatic carbocycles. The summed E-state index contributed by atoms with van der Waals surface area (Å²) in [6.07, 6.45) is 0.873. The van der Waals surface area contributed by atoms with Crippen LogP contribution in [0.5, 0.6) is 5.75 Å². The molecule has 0 unspecified atom stereocenters. The summed E-state index contributed by atoms with van der Waals surface area (Å²) in [6, 6.07) is 2.11. The first-order chi connectivity index (χ1) is 9.91. The van der Waals surface area contributed by atoms with Crippen LogP contribution in [0.2, 0.25) is 0 Å². The van der Waals surface area contributed by atoms with E-state index in [0.717, 1.165) is 52.7 Å². The lowest BCUT2D eigenvalue weighted by Gasteiger charge is -2.36. The van der Waals surface area contributed by atoms with Crippen LogP contribution in [-0.4, -0.2) is 36.2 Å². The lowest BCUT2D eigenvalue weighted by molar-refractivity contribution is 0.171. The monoisotopic (exact) mass is 480 g/mol. The van der Waals surface area contributed by atoms with Crippen LogP contribution in [0.15, 0.2) is 31.6 Å². The first kappa shape index (κ1) is 17.5. The van der Waals surface area contributed by atoms with Crippen molar-refractivity contribution in [2.24, 2.45) is 0 Å². The van der Waals surface area contributed by atoms with Crippen LogP contribution >= 0.6 is 47.8 Å². The molecule has 2 N–H and O–H groups in total. The third-order valence-electron chi connectivity index (χ3n) is 3.65. The number of hydrogen-bond acceptors (Lipinski definition) is 3. The Bertz CT molecular complexity index is 542. The van der Waals surface area contributed by atoms with Crippen LogP contribution < -0.4 is 5.32 Å². The van der Waals surface area contributed by atoms with Crippen molar-refractivity contribution in [3.05, 3.63) is 37.2 Å². The predicted octanol–water partition coefficient (Wildman–Crippen LogP) is 4.59. The highest BCUT2D eigenvalue weighted by atomic mass is 79.9. The number of nitrogens with zero attached hydrogens (tertiary/aromatic N) is 1. The van der Waals surface area contributed by atoms with Gasteiger partial charge in [-0.25, -0.2) is 0 Å². The van der Waals surface area contributed by atoms with Gasteiger partial charge in [0.1, 0.15) is 5.75 Å². The van der Waals surface area contributed by atoms with Crippen LogP contribution in [0.25, 0.3) is 0 Å². The number of aromatic hydroxyl groups is 1. The van der Waals surface area contributed by atoms with Crippen molar-refractivity contribution < 1.29 is 5.11 Å². The van der Waals surface area contributed by atoms with Crippen molar-refractivity contribution in [2.45, 2.75) is 19.4 Å². The Hall–Kier alpha value is 0.120. The van der Waals surface area contributed by atoms with Crippen molar-refractivity contribution in [3.63, 3.8) is 0 Å². The quantitative estimate of drug-likeness (QED) is 0.616. The molecule has 2 rings (SSSR count). The third-order valence-corrected chi connectivity index (χ3v) is 5.71. The smallest absolute Gasteiger partial charge is 0.144 e. The van der Waals surface area contributed by atoms with E-state index in [4.69, 9.17) is 0 Å². The SMILES string of the molecule is C=C(C)C[C@H](c1c(Br)cc(Br)c(O)c1Br)N1CCNCC1. The van der Waals surface area contributed by atoms with Crippen molar-refractivity contribution in [1.82, 2.24) is 10.2 Å². The van der Waals surface area contributed by atoms with E-state index in [1.807, 2.05) is 6.07 Å². The number of benzene rings is 1. The van der Waals surface area contributed by atoms with Gasteiger partial charge in [0.05, 0.1) is 8.95 Å². The predicted molar refractivity (Wildman–Crippen MR) is 97.8 cm³/mol. The second-order valence-electron chi connectivity index (χ2n) is 5.38. The maximum Gasteiger partial charge on any atom is 0.144 e. The number of piperazine rings is 1. The van der Waals surface area contributed by atoms with E-state index in [-0.39, 0.29) is 11.8 Å². The van der Waals surface area contributed by atoms with Crippen LogP contribution in [0.3, 0.4) is 0 Å². The average molecular weight is 483 g/mol. The molecule has 1 fully saturated rings. The summed E-state index contributed by atoms with van der Waals surface area (Å²) in [5.74, 6) is 0.245. The second-order valence-corrected chi connectivity index (χ2v) is 7.88. The molecule has 1 atom stereocenters. The van der Waals surface area contributed by atoms with Gasteiger partial charge in [0, 0.05) is 42.3 Å². The van der Waals surface area contributed by atoms with Crippen molar-refractivity contribution in [1.29, 1.82) is 0 Å².